The van der Waals surface area contributed by atoms with Gasteiger partial charge in [0.2, 0.25) is 0 Å². The molecule has 0 atom stereocenters. The van der Waals surface area contributed by atoms with Crippen LogP contribution in [0, 0.1) is 6.92 Å². The van der Waals surface area contributed by atoms with Crippen molar-refractivity contribution in [3.8, 4) is 17.2 Å². The average Bonchev–Trinajstić information content (AvgIpc) is 3.05. The minimum Gasteiger partial charge on any atom is -0.497 e. The first-order chi connectivity index (χ1) is 13.1. The molecule has 27 heavy (non-hydrogen) atoms. The highest BCUT2D eigenvalue weighted by molar-refractivity contribution is 6.06. The molecule has 1 amide bonds. The molecular formula is C21H20N2O4. The first-order valence-corrected chi connectivity index (χ1v) is 8.34. The van der Waals surface area contributed by atoms with Crippen LogP contribution in [0.3, 0.4) is 0 Å². The second kappa shape index (κ2) is 7.78. The van der Waals surface area contributed by atoms with E-state index in [1.807, 2.05) is 12.1 Å². The van der Waals surface area contributed by atoms with Crippen LogP contribution in [0.15, 0.2) is 54.6 Å². The number of anilines is 1. The van der Waals surface area contributed by atoms with Crippen molar-refractivity contribution in [2.75, 3.05) is 19.5 Å². The molecule has 1 N–H and O–H groups in total. The molecule has 0 bridgehead atoms. The summed E-state index contributed by atoms with van der Waals surface area (Å²) < 4.78 is 12.0. The predicted octanol–water partition coefficient (Wildman–Crippen LogP) is 3.87. The van der Waals surface area contributed by atoms with Gasteiger partial charge in [-0.3, -0.25) is 9.59 Å². The number of aldehydes is 1. The van der Waals surface area contributed by atoms with E-state index in [1.54, 1.807) is 68.2 Å². The number of ether oxygens (including phenoxy) is 2. The highest BCUT2D eigenvalue weighted by atomic mass is 16.5. The van der Waals surface area contributed by atoms with Gasteiger partial charge in [0.15, 0.2) is 6.29 Å². The van der Waals surface area contributed by atoms with Gasteiger partial charge in [0.1, 0.15) is 11.5 Å². The number of aromatic nitrogens is 1. The van der Waals surface area contributed by atoms with Gasteiger partial charge in [0.05, 0.1) is 25.5 Å². The molecule has 3 aromatic rings. The van der Waals surface area contributed by atoms with Gasteiger partial charge >= 0.3 is 0 Å². The fourth-order valence-corrected chi connectivity index (χ4v) is 2.89. The van der Waals surface area contributed by atoms with Gasteiger partial charge in [-0.15, -0.1) is 0 Å². The molecule has 0 aliphatic carbocycles. The third-order valence-corrected chi connectivity index (χ3v) is 4.32. The smallest absolute Gasteiger partial charge is 0.257 e. The lowest BCUT2D eigenvalue weighted by Gasteiger charge is -2.10. The van der Waals surface area contributed by atoms with Crippen LogP contribution in [0.5, 0.6) is 11.5 Å². The number of hydrogen-bond donors (Lipinski definition) is 1. The molecule has 6 nitrogen and oxygen atoms in total. The Hall–Kier alpha value is -3.54. The summed E-state index contributed by atoms with van der Waals surface area (Å²) in [6, 6.07) is 15.9. The Morgan fingerprint density at radius 3 is 2.04 bits per heavy atom. The van der Waals surface area contributed by atoms with Crippen LogP contribution in [0.2, 0.25) is 0 Å². The van der Waals surface area contributed by atoms with Gasteiger partial charge in [0, 0.05) is 17.1 Å². The molecule has 2 aromatic carbocycles. The van der Waals surface area contributed by atoms with Gasteiger partial charge in [-0.05, 0) is 61.5 Å². The number of carbonyl (C=O) groups is 2. The maximum atomic E-state index is 12.7. The van der Waals surface area contributed by atoms with Crippen molar-refractivity contribution in [2.45, 2.75) is 6.92 Å². The van der Waals surface area contributed by atoms with Gasteiger partial charge in [-0.25, -0.2) is 0 Å². The van der Waals surface area contributed by atoms with Gasteiger partial charge in [-0.2, -0.15) is 0 Å². The monoisotopic (exact) mass is 364 g/mol. The van der Waals surface area contributed by atoms with E-state index in [0.717, 1.165) is 12.0 Å². The summed E-state index contributed by atoms with van der Waals surface area (Å²) in [6.45, 7) is 1.81. The van der Waals surface area contributed by atoms with E-state index in [1.165, 1.54) is 0 Å². The Kier molecular flexibility index (Phi) is 5.26. The number of nitrogens with one attached hydrogen (secondary N) is 1. The van der Waals surface area contributed by atoms with E-state index in [4.69, 9.17) is 9.47 Å². The molecule has 0 spiro atoms. The summed E-state index contributed by atoms with van der Waals surface area (Å²) in [4.78, 5) is 24.3. The second-order valence-electron chi connectivity index (χ2n) is 5.90. The SMILES string of the molecule is COc1ccc(NC(=O)c2cc(C=O)n(-c3ccc(OC)cc3)c2C)cc1. The number of rotatable bonds is 6. The fraction of sp³-hybridized carbons (Fsp3) is 0.143. The summed E-state index contributed by atoms with van der Waals surface area (Å²) in [5.41, 5.74) is 2.93. The Bertz CT molecular complexity index is 957. The maximum absolute atomic E-state index is 12.7. The zero-order valence-corrected chi connectivity index (χ0v) is 15.4. The minimum atomic E-state index is -0.284. The van der Waals surface area contributed by atoms with E-state index in [2.05, 4.69) is 5.32 Å². The van der Waals surface area contributed by atoms with Crippen molar-refractivity contribution in [3.05, 3.63) is 71.5 Å². The van der Waals surface area contributed by atoms with Crippen LogP contribution in [-0.4, -0.2) is 31.0 Å². The first kappa shape index (κ1) is 18.3. The summed E-state index contributed by atoms with van der Waals surface area (Å²) in [7, 11) is 3.17. The van der Waals surface area contributed by atoms with Crippen LogP contribution < -0.4 is 14.8 Å². The van der Waals surface area contributed by atoms with Crippen LogP contribution in [0.1, 0.15) is 26.5 Å². The number of amides is 1. The quantitative estimate of drug-likeness (QED) is 0.674. The lowest BCUT2D eigenvalue weighted by molar-refractivity contribution is 0.102. The summed E-state index contributed by atoms with van der Waals surface area (Å²) in [5.74, 6) is 1.14. The van der Waals surface area contributed by atoms with Crippen LogP contribution in [0.25, 0.3) is 5.69 Å². The molecule has 0 radical (unpaired) electrons. The summed E-state index contributed by atoms with van der Waals surface area (Å²) in [6.07, 6.45) is 0.737. The molecule has 1 aromatic heterocycles. The molecule has 0 saturated heterocycles. The van der Waals surface area contributed by atoms with Gasteiger partial charge < -0.3 is 19.4 Å². The van der Waals surface area contributed by atoms with Crippen molar-refractivity contribution >= 4 is 17.9 Å². The molecule has 6 heteroatoms. The van der Waals surface area contributed by atoms with Crippen LogP contribution >= 0.6 is 0 Å². The van der Waals surface area contributed by atoms with E-state index in [0.29, 0.717) is 34.1 Å². The number of carbonyl (C=O) groups excluding carboxylic acids is 2. The highest BCUT2D eigenvalue weighted by Crippen LogP contribution is 2.24. The van der Waals surface area contributed by atoms with Crippen molar-refractivity contribution < 1.29 is 19.1 Å². The largest absolute Gasteiger partial charge is 0.497 e. The Morgan fingerprint density at radius 1 is 0.963 bits per heavy atom. The molecule has 0 aliphatic heterocycles. The Morgan fingerprint density at radius 2 is 1.52 bits per heavy atom. The lowest BCUT2D eigenvalue weighted by Crippen LogP contribution is -2.13. The molecular weight excluding hydrogens is 344 g/mol. The summed E-state index contributed by atoms with van der Waals surface area (Å²) >= 11 is 0. The van der Waals surface area contributed by atoms with Crippen molar-refractivity contribution in [1.82, 2.24) is 4.57 Å². The normalized spacial score (nSPS) is 10.3. The number of benzene rings is 2. The second-order valence-corrected chi connectivity index (χ2v) is 5.90. The highest BCUT2D eigenvalue weighted by Gasteiger charge is 2.18. The van der Waals surface area contributed by atoms with E-state index >= 15 is 0 Å². The fourth-order valence-electron chi connectivity index (χ4n) is 2.89. The van der Waals surface area contributed by atoms with Crippen molar-refractivity contribution in [1.29, 1.82) is 0 Å². The average molecular weight is 364 g/mol. The number of methoxy groups -OCH3 is 2. The third kappa shape index (κ3) is 3.69. The van der Waals surface area contributed by atoms with Gasteiger partial charge in [-0.1, -0.05) is 0 Å². The van der Waals surface area contributed by atoms with E-state index < -0.39 is 0 Å². The summed E-state index contributed by atoms with van der Waals surface area (Å²) in [5, 5.41) is 2.84. The van der Waals surface area contributed by atoms with Crippen molar-refractivity contribution in [2.24, 2.45) is 0 Å². The Balaban J connectivity index is 1.92. The van der Waals surface area contributed by atoms with Crippen molar-refractivity contribution in [3.63, 3.8) is 0 Å². The zero-order chi connectivity index (χ0) is 19.4. The van der Waals surface area contributed by atoms with E-state index in [9.17, 15) is 9.59 Å². The topological polar surface area (TPSA) is 69.6 Å². The number of nitrogens with zero attached hydrogens (tertiary/aromatic N) is 1. The molecule has 3 rings (SSSR count). The standard InChI is InChI=1S/C21H20N2O4/c1-14-20(21(25)22-15-4-8-18(26-2)9-5-15)12-17(13-24)23(14)16-6-10-19(27-3)11-7-16/h4-13H,1-3H3,(H,22,25). The van der Waals surface area contributed by atoms with Crippen LogP contribution in [-0.2, 0) is 0 Å². The van der Waals surface area contributed by atoms with E-state index in [-0.39, 0.29) is 5.91 Å². The molecule has 1 heterocycles. The molecule has 0 aliphatic rings. The minimum absolute atomic E-state index is 0.284. The zero-order valence-electron chi connectivity index (χ0n) is 15.4. The molecule has 0 unspecified atom stereocenters. The third-order valence-electron chi connectivity index (χ3n) is 4.32. The maximum Gasteiger partial charge on any atom is 0.257 e. The Labute approximate surface area is 157 Å². The lowest BCUT2D eigenvalue weighted by atomic mass is 10.2. The van der Waals surface area contributed by atoms with Crippen LogP contribution in [0.4, 0.5) is 5.69 Å². The number of hydrogen-bond acceptors (Lipinski definition) is 4. The first-order valence-electron chi connectivity index (χ1n) is 8.34. The van der Waals surface area contributed by atoms with Gasteiger partial charge in [0.25, 0.3) is 5.91 Å². The molecule has 0 saturated carbocycles. The molecule has 138 valence electrons. The molecule has 0 fully saturated rings. The predicted molar refractivity (Wildman–Crippen MR) is 103 cm³/mol.